The first-order valence-corrected chi connectivity index (χ1v) is 6.67. The SMILES string of the molecule is CN(C)CCCNCc1ccc(C(=O)O)cc1Br. The van der Waals surface area contributed by atoms with Gasteiger partial charge < -0.3 is 15.3 Å². The number of aromatic carboxylic acids is 1. The van der Waals surface area contributed by atoms with Gasteiger partial charge in [0.2, 0.25) is 0 Å². The van der Waals surface area contributed by atoms with Gasteiger partial charge in [-0.1, -0.05) is 22.0 Å². The number of benzene rings is 1. The maximum absolute atomic E-state index is 10.8. The summed E-state index contributed by atoms with van der Waals surface area (Å²) in [6, 6.07) is 5.11. The van der Waals surface area contributed by atoms with Crippen molar-refractivity contribution in [2.45, 2.75) is 13.0 Å². The minimum Gasteiger partial charge on any atom is -0.478 e. The van der Waals surface area contributed by atoms with Crippen LogP contribution in [0.1, 0.15) is 22.3 Å². The van der Waals surface area contributed by atoms with E-state index in [4.69, 9.17) is 5.11 Å². The molecule has 0 aliphatic carbocycles. The smallest absolute Gasteiger partial charge is 0.335 e. The summed E-state index contributed by atoms with van der Waals surface area (Å²) in [5.41, 5.74) is 1.38. The number of hydrogen-bond donors (Lipinski definition) is 2. The molecule has 0 unspecified atom stereocenters. The van der Waals surface area contributed by atoms with Gasteiger partial charge in [-0.15, -0.1) is 0 Å². The molecule has 1 aromatic rings. The third-order valence-electron chi connectivity index (χ3n) is 2.57. The molecule has 0 aliphatic rings. The monoisotopic (exact) mass is 314 g/mol. The van der Waals surface area contributed by atoms with Crippen LogP contribution < -0.4 is 5.32 Å². The summed E-state index contributed by atoms with van der Waals surface area (Å²) in [5.74, 6) is -0.902. The van der Waals surface area contributed by atoms with Crippen LogP contribution in [0.25, 0.3) is 0 Å². The predicted octanol–water partition coefficient (Wildman–Crippen LogP) is 2.19. The van der Waals surface area contributed by atoms with E-state index in [0.717, 1.165) is 36.1 Å². The minimum absolute atomic E-state index is 0.304. The van der Waals surface area contributed by atoms with E-state index in [1.807, 2.05) is 6.07 Å². The number of halogens is 1. The highest BCUT2D eigenvalue weighted by Crippen LogP contribution is 2.18. The van der Waals surface area contributed by atoms with E-state index < -0.39 is 5.97 Å². The molecule has 0 aromatic heterocycles. The van der Waals surface area contributed by atoms with Crippen molar-refractivity contribution in [3.63, 3.8) is 0 Å². The number of carbonyl (C=O) groups is 1. The molecule has 0 saturated carbocycles. The summed E-state index contributed by atoms with van der Waals surface area (Å²) in [6.07, 6.45) is 1.10. The summed E-state index contributed by atoms with van der Waals surface area (Å²) in [6.45, 7) is 2.76. The third kappa shape index (κ3) is 5.16. The lowest BCUT2D eigenvalue weighted by Gasteiger charge is -2.10. The fraction of sp³-hybridized carbons (Fsp3) is 0.462. The van der Waals surface area contributed by atoms with Crippen molar-refractivity contribution in [1.29, 1.82) is 0 Å². The van der Waals surface area contributed by atoms with Crippen LogP contribution in [0.2, 0.25) is 0 Å². The first-order chi connectivity index (χ1) is 8.50. The zero-order chi connectivity index (χ0) is 13.5. The molecular weight excluding hydrogens is 296 g/mol. The number of carboxylic acids is 1. The lowest BCUT2D eigenvalue weighted by Crippen LogP contribution is -2.21. The van der Waals surface area contributed by atoms with Crippen molar-refractivity contribution in [2.75, 3.05) is 27.2 Å². The lowest BCUT2D eigenvalue weighted by molar-refractivity contribution is 0.0697. The first-order valence-electron chi connectivity index (χ1n) is 5.88. The van der Waals surface area contributed by atoms with Gasteiger partial charge in [0.05, 0.1) is 5.56 Å². The summed E-state index contributed by atoms with van der Waals surface area (Å²) < 4.78 is 0.836. The Labute approximate surface area is 116 Å². The molecule has 1 aromatic carbocycles. The highest BCUT2D eigenvalue weighted by molar-refractivity contribution is 9.10. The van der Waals surface area contributed by atoms with Crippen molar-refractivity contribution in [3.8, 4) is 0 Å². The van der Waals surface area contributed by atoms with Crippen molar-refractivity contribution in [2.24, 2.45) is 0 Å². The topological polar surface area (TPSA) is 52.6 Å². The zero-order valence-corrected chi connectivity index (χ0v) is 12.3. The quantitative estimate of drug-likeness (QED) is 0.758. The maximum atomic E-state index is 10.8. The van der Waals surface area contributed by atoms with E-state index in [1.54, 1.807) is 12.1 Å². The molecule has 100 valence electrons. The molecule has 0 heterocycles. The molecule has 0 bridgehead atoms. The molecule has 0 radical (unpaired) electrons. The molecule has 4 nitrogen and oxygen atoms in total. The van der Waals surface area contributed by atoms with Gasteiger partial charge in [-0.05, 0) is 51.3 Å². The lowest BCUT2D eigenvalue weighted by atomic mass is 10.1. The van der Waals surface area contributed by atoms with Crippen LogP contribution in [0, 0.1) is 0 Å². The Kier molecular flexibility index (Phi) is 6.32. The second kappa shape index (κ2) is 7.51. The third-order valence-corrected chi connectivity index (χ3v) is 3.31. The molecule has 0 spiro atoms. The first kappa shape index (κ1) is 15.1. The van der Waals surface area contributed by atoms with Crippen molar-refractivity contribution < 1.29 is 9.90 Å². The van der Waals surface area contributed by atoms with E-state index in [0.29, 0.717) is 5.56 Å². The minimum atomic E-state index is -0.902. The van der Waals surface area contributed by atoms with Gasteiger partial charge in [0, 0.05) is 11.0 Å². The summed E-state index contributed by atoms with van der Waals surface area (Å²) in [4.78, 5) is 12.9. The van der Waals surface area contributed by atoms with Crippen LogP contribution in [0.3, 0.4) is 0 Å². The number of hydrogen-bond acceptors (Lipinski definition) is 3. The highest BCUT2D eigenvalue weighted by Gasteiger charge is 2.06. The van der Waals surface area contributed by atoms with E-state index in [9.17, 15) is 4.79 Å². The predicted molar refractivity (Wildman–Crippen MR) is 76.0 cm³/mol. The molecule has 0 fully saturated rings. The van der Waals surface area contributed by atoms with Gasteiger partial charge in [-0.3, -0.25) is 0 Å². The van der Waals surface area contributed by atoms with Gasteiger partial charge in [0.15, 0.2) is 0 Å². The largest absolute Gasteiger partial charge is 0.478 e. The normalized spacial score (nSPS) is 10.9. The van der Waals surface area contributed by atoms with Crippen molar-refractivity contribution >= 4 is 21.9 Å². The highest BCUT2D eigenvalue weighted by atomic mass is 79.9. The Morgan fingerprint density at radius 1 is 1.44 bits per heavy atom. The Morgan fingerprint density at radius 3 is 2.72 bits per heavy atom. The molecule has 18 heavy (non-hydrogen) atoms. The second-order valence-electron chi connectivity index (χ2n) is 4.44. The Hall–Kier alpha value is -0.910. The van der Waals surface area contributed by atoms with Gasteiger partial charge >= 0.3 is 5.97 Å². The van der Waals surface area contributed by atoms with Crippen LogP contribution in [0.15, 0.2) is 22.7 Å². The molecule has 2 N–H and O–H groups in total. The molecule has 0 aliphatic heterocycles. The molecular formula is C13H19BrN2O2. The maximum Gasteiger partial charge on any atom is 0.335 e. The number of carboxylic acid groups (broad SMARTS) is 1. The molecule has 0 amide bonds. The van der Waals surface area contributed by atoms with Crippen molar-refractivity contribution in [1.82, 2.24) is 10.2 Å². The average molecular weight is 315 g/mol. The Morgan fingerprint density at radius 2 is 2.17 bits per heavy atom. The average Bonchev–Trinajstić information content (AvgIpc) is 2.29. The molecule has 1 rings (SSSR count). The molecule has 0 atom stereocenters. The van der Waals surface area contributed by atoms with Crippen LogP contribution >= 0.6 is 15.9 Å². The molecule has 0 saturated heterocycles. The van der Waals surface area contributed by atoms with E-state index in [1.165, 1.54) is 0 Å². The second-order valence-corrected chi connectivity index (χ2v) is 5.30. The fourth-order valence-corrected chi connectivity index (χ4v) is 2.09. The van der Waals surface area contributed by atoms with Gasteiger partial charge in [0.1, 0.15) is 0 Å². The Balaban J connectivity index is 2.41. The summed E-state index contributed by atoms with van der Waals surface area (Å²) in [5, 5.41) is 12.2. The number of rotatable bonds is 7. The van der Waals surface area contributed by atoms with Crippen molar-refractivity contribution in [3.05, 3.63) is 33.8 Å². The van der Waals surface area contributed by atoms with E-state index in [2.05, 4.69) is 40.2 Å². The Bertz CT molecular complexity index is 408. The summed E-state index contributed by atoms with van der Waals surface area (Å²) in [7, 11) is 4.11. The van der Waals surface area contributed by atoms with E-state index in [-0.39, 0.29) is 0 Å². The van der Waals surface area contributed by atoms with Crippen LogP contribution in [-0.4, -0.2) is 43.2 Å². The van der Waals surface area contributed by atoms with Gasteiger partial charge in [-0.25, -0.2) is 4.79 Å². The van der Waals surface area contributed by atoms with Crippen LogP contribution in [0.4, 0.5) is 0 Å². The fourth-order valence-electron chi connectivity index (χ4n) is 1.57. The zero-order valence-electron chi connectivity index (χ0n) is 10.7. The number of nitrogens with zero attached hydrogens (tertiary/aromatic N) is 1. The van der Waals surface area contributed by atoms with Gasteiger partial charge in [-0.2, -0.15) is 0 Å². The van der Waals surface area contributed by atoms with Crippen LogP contribution in [0.5, 0.6) is 0 Å². The summed E-state index contributed by atoms with van der Waals surface area (Å²) >= 11 is 3.40. The van der Waals surface area contributed by atoms with Crippen LogP contribution in [-0.2, 0) is 6.54 Å². The van der Waals surface area contributed by atoms with E-state index >= 15 is 0 Å². The standard InChI is InChI=1S/C13H19BrN2O2/c1-16(2)7-3-6-15-9-11-5-4-10(13(17)18)8-12(11)14/h4-5,8,15H,3,6-7,9H2,1-2H3,(H,17,18). The van der Waals surface area contributed by atoms with Gasteiger partial charge in [0.25, 0.3) is 0 Å². The number of nitrogens with one attached hydrogen (secondary N) is 1. The molecule has 5 heteroatoms.